The van der Waals surface area contributed by atoms with Crippen LogP contribution in [0.4, 0.5) is 24.5 Å². The van der Waals surface area contributed by atoms with Crippen molar-refractivity contribution in [2.24, 2.45) is 0 Å². The summed E-state index contributed by atoms with van der Waals surface area (Å²) in [6, 6.07) is 8.86. The molecule has 5 nitrogen and oxygen atoms in total. The summed E-state index contributed by atoms with van der Waals surface area (Å²) in [5.41, 5.74) is -1.05. The lowest BCUT2D eigenvalue weighted by Crippen LogP contribution is -2.29. The van der Waals surface area contributed by atoms with Crippen molar-refractivity contribution in [2.45, 2.75) is 11.1 Å². The van der Waals surface area contributed by atoms with Crippen molar-refractivity contribution in [3.63, 3.8) is 0 Å². The largest absolute Gasteiger partial charge is 0.417 e. The van der Waals surface area contributed by atoms with Gasteiger partial charge in [0, 0.05) is 16.3 Å². The quantitative estimate of drug-likeness (QED) is 0.452. The first kappa shape index (κ1) is 19.6. The van der Waals surface area contributed by atoms with Crippen molar-refractivity contribution in [3.8, 4) is 5.40 Å². The van der Waals surface area contributed by atoms with Crippen LogP contribution in [0.3, 0.4) is 0 Å². The predicted molar refractivity (Wildman–Crippen MR) is 91.6 cm³/mol. The van der Waals surface area contributed by atoms with Gasteiger partial charge in [-0.1, -0.05) is 11.6 Å². The number of thioether (sulfide) groups is 1. The minimum absolute atomic E-state index is 0.220. The summed E-state index contributed by atoms with van der Waals surface area (Å²) in [6.45, 7) is 0. The van der Waals surface area contributed by atoms with Gasteiger partial charge in [0.05, 0.1) is 10.6 Å². The molecule has 0 bridgehead atoms. The van der Waals surface area contributed by atoms with Gasteiger partial charge < -0.3 is 10.6 Å². The zero-order valence-corrected chi connectivity index (χ0v) is 14.3. The first-order valence-electron chi connectivity index (χ1n) is 6.86. The van der Waals surface area contributed by atoms with Crippen molar-refractivity contribution in [1.29, 1.82) is 5.26 Å². The third kappa shape index (κ3) is 5.15. The van der Waals surface area contributed by atoms with Crippen LogP contribution in [0, 0.1) is 10.7 Å². The Morgan fingerprint density at radius 3 is 2.08 bits per heavy atom. The number of rotatable bonds is 3. The van der Waals surface area contributed by atoms with E-state index in [1.54, 1.807) is 12.1 Å². The van der Waals surface area contributed by atoms with Gasteiger partial charge in [0.1, 0.15) is 5.40 Å². The lowest BCUT2D eigenvalue weighted by molar-refractivity contribution is -0.137. The number of carbonyl (C=O) groups is 2. The van der Waals surface area contributed by atoms with Crippen LogP contribution in [-0.2, 0) is 15.8 Å². The van der Waals surface area contributed by atoms with Crippen molar-refractivity contribution in [2.75, 3.05) is 10.6 Å². The Labute approximate surface area is 155 Å². The molecule has 2 N–H and O–H groups in total. The molecule has 0 aliphatic rings. The fourth-order valence-electron chi connectivity index (χ4n) is 1.86. The smallest absolute Gasteiger partial charge is 0.318 e. The summed E-state index contributed by atoms with van der Waals surface area (Å²) >= 11 is 6.41. The Morgan fingerprint density at radius 1 is 1.00 bits per heavy atom. The summed E-state index contributed by atoms with van der Waals surface area (Å²) in [4.78, 5) is 24.3. The lowest BCUT2D eigenvalue weighted by atomic mass is 10.2. The molecule has 0 aliphatic heterocycles. The molecular formula is C16H9ClF3N3O2S. The fraction of sp³-hybridized carbons (Fsp3) is 0.0625. The van der Waals surface area contributed by atoms with Crippen molar-refractivity contribution in [1.82, 2.24) is 0 Å². The number of hydrogen-bond donors (Lipinski definition) is 2. The predicted octanol–water partition coefficient (Wildman–Crippen LogP) is 4.51. The first-order valence-corrected chi connectivity index (χ1v) is 8.05. The second-order valence-electron chi connectivity index (χ2n) is 4.82. The van der Waals surface area contributed by atoms with Crippen molar-refractivity contribution in [3.05, 3.63) is 53.1 Å². The van der Waals surface area contributed by atoms with E-state index in [4.69, 9.17) is 16.9 Å². The SMILES string of the molecule is N#CSc1ccc(NC(=O)C(=O)Nc2ccc(Cl)c(C(F)(F)F)c2)cc1. The second kappa shape index (κ2) is 8.12. The van der Waals surface area contributed by atoms with Gasteiger partial charge in [-0.05, 0) is 54.2 Å². The maximum atomic E-state index is 12.8. The number of nitrogens with one attached hydrogen (secondary N) is 2. The van der Waals surface area contributed by atoms with Gasteiger partial charge in [-0.15, -0.1) is 0 Å². The topological polar surface area (TPSA) is 82.0 Å². The highest BCUT2D eigenvalue weighted by Crippen LogP contribution is 2.36. The van der Waals surface area contributed by atoms with Crippen LogP contribution in [0.5, 0.6) is 0 Å². The highest BCUT2D eigenvalue weighted by atomic mass is 35.5. The molecule has 134 valence electrons. The van der Waals surface area contributed by atoms with E-state index in [-0.39, 0.29) is 5.69 Å². The van der Waals surface area contributed by atoms with E-state index < -0.39 is 28.6 Å². The molecule has 2 aromatic rings. The Balaban J connectivity index is 2.05. The van der Waals surface area contributed by atoms with E-state index in [2.05, 4.69) is 10.6 Å². The van der Waals surface area contributed by atoms with Crippen molar-refractivity contribution >= 4 is 46.6 Å². The molecule has 0 aromatic heterocycles. The molecule has 26 heavy (non-hydrogen) atoms. The number of thiocyanates is 1. The van der Waals surface area contributed by atoms with Crippen LogP contribution in [0.25, 0.3) is 0 Å². The van der Waals surface area contributed by atoms with Crippen molar-refractivity contribution < 1.29 is 22.8 Å². The number of nitrogens with zero attached hydrogens (tertiary/aromatic N) is 1. The number of carbonyl (C=O) groups excluding carboxylic acids is 2. The van der Waals surface area contributed by atoms with E-state index in [0.717, 1.165) is 23.9 Å². The van der Waals surface area contributed by atoms with Gasteiger partial charge in [-0.2, -0.15) is 18.4 Å². The molecule has 0 saturated heterocycles. The molecule has 2 rings (SSSR count). The van der Waals surface area contributed by atoms with Crippen LogP contribution < -0.4 is 10.6 Å². The van der Waals surface area contributed by atoms with Crippen LogP contribution in [-0.4, -0.2) is 11.8 Å². The Kier molecular flexibility index (Phi) is 6.13. The molecule has 0 atom stereocenters. The van der Waals surface area contributed by atoms with Gasteiger partial charge in [0.2, 0.25) is 0 Å². The molecule has 2 amide bonds. The number of benzene rings is 2. The normalized spacial score (nSPS) is 10.7. The van der Waals surface area contributed by atoms with Gasteiger partial charge >= 0.3 is 18.0 Å². The summed E-state index contributed by atoms with van der Waals surface area (Å²) in [6.07, 6.45) is -4.69. The number of nitriles is 1. The van der Waals surface area contributed by atoms with Crippen LogP contribution in [0.1, 0.15) is 5.56 Å². The molecule has 0 heterocycles. The third-order valence-corrected chi connectivity index (χ3v) is 3.94. The summed E-state index contributed by atoms with van der Waals surface area (Å²) < 4.78 is 38.4. The average molecular weight is 400 g/mol. The van der Waals surface area contributed by atoms with Gasteiger partial charge in [0.25, 0.3) is 0 Å². The zero-order valence-electron chi connectivity index (χ0n) is 12.7. The molecule has 0 fully saturated rings. The molecule has 10 heteroatoms. The highest BCUT2D eigenvalue weighted by molar-refractivity contribution is 8.03. The second-order valence-corrected chi connectivity index (χ2v) is 6.08. The lowest BCUT2D eigenvalue weighted by Gasteiger charge is -2.12. The van der Waals surface area contributed by atoms with Crippen LogP contribution in [0.15, 0.2) is 47.4 Å². The summed E-state index contributed by atoms with van der Waals surface area (Å²) in [7, 11) is 0. The molecule has 0 spiro atoms. The van der Waals surface area contributed by atoms with E-state index in [1.807, 2.05) is 5.40 Å². The Morgan fingerprint density at radius 2 is 1.54 bits per heavy atom. The van der Waals surface area contributed by atoms with E-state index in [9.17, 15) is 22.8 Å². The van der Waals surface area contributed by atoms with Crippen LogP contribution >= 0.6 is 23.4 Å². The van der Waals surface area contributed by atoms with Gasteiger partial charge in [0.15, 0.2) is 0 Å². The standard InChI is InChI=1S/C16H9ClF3N3O2S/c17-13-6-3-10(7-12(13)16(18,19)20)23-15(25)14(24)22-9-1-4-11(5-2-9)26-8-21/h1-7H,(H,22,24)(H,23,25). The summed E-state index contributed by atoms with van der Waals surface area (Å²) in [5, 5.41) is 14.3. The number of hydrogen-bond acceptors (Lipinski definition) is 4. The minimum atomic E-state index is -4.69. The monoisotopic (exact) mass is 399 g/mol. The molecule has 2 aromatic carbocycles. The molecule has 0 radical (unpaired) electrons. The number of alkyl halides is 3. The number of anilines is 2. The third-order valence-electron chi connectivity index (χ3n) is 3.01. The minimum Gasteiger partial charge on any atom is -0.318 e. The number of amides is 2. The fourth-order valence-corrected chi connectivity index (χ4v) is 2.46. The maximum absolute atomic E-state index is 12.8. The molecule has 0 saturated carbocycles. The maximum Gasteiger partial charge on any atom is 0.417 e. The molecular weight excluding hydrogens is 391 g/mol. The zero-order chi connectivity index (χ0) is 19.3. The van der Waals surface area contributed by atoms with Gasteiger partial charge in [-0.25, -0.2) is 0 Å². The van der Waals surface area contributed by atoms with Crippen LogP contribution in [0.2, 0.25) is 5.02 Å². The average Bonchev–Trinajstić information content (AvgIpc) is 2.57. The van der Waals surface area contributed by atoms with E-state index in [0.29, 0.717) is 16.6 Å². The van der Waals surface area contributed by atoms with E-state index in [1.165, 1.54) is 12.1 Å². The Hall–Kier alpha value is -2.70. The van der Waals surface area contributed by atoms with E-state index >= 15 is 0 Å². The van der Waals surface area contributed by atoms with Gasteiger partial charge in [-0.3, -0.25) is 9.59 Å². The summed E-state index contributed by atoms with van der Waals surface area (Å²) in [5.74, 6) is -2.20. The first-order chi connectivity index (χ1) is 12.2. The molecule has 0 unspecified atom stereocenters. The number of halogens is 4. The highest BCUT2D eigenvalue weighted by Gasteiger charge is 2.33. The molecule has 0 aliphatic carbocycles. The Bertz CT molecular complexity index is 880.